The highest BCUT2D eigenvalue weighted by Crippen LogP contribution is 2.46. The Morgan fingerprint density at radius 1 is 1.16 bits per heavy atom. The number of aliphatic carboxylic acids is 1. The average Bonchev–Trinajstić information content (AvgIpc) is 2.57. The van der Waals surface area contributed by atoms with Crippen LogP contribution in [0, 0.1) is 0 Å². The summed E-state index contributed by atoms with van der Waals surface area (Å²) >= 11 is 1.38. The van der Waals surface area contributed by atoms with E-state index in [0.717, 1.165) is 10.5 Å². The molecule has 0 bridgehead atoms. The van der Waals surface area contributed by atoms with E-state index in [2.05, 4.69) is 0 Å². The number of carboxylic acids is 1. The predicted octanol–water partition coefficient (Wildman–Crippen LogP) is 2.88. The number of hydrogen-bond acceptors (Lipinski definition) is 5. The minimum atomic E-state index is -1.07. The number of carboxylic acid groups (broad SMARTS) is 1. The van der Waals surface area contributed by atoms with Gasteiger partial charge in [-0.15, -0.1) is 11.8 Å². The van der Waals surface area contributed by atoms with Crippen molar-refractivity contribution in [2.24, 2.45) is 0 Å². The van der Waals surface area contributed by atoms with E-state index in [9.17, 15) is 14.4 Å². The van der Waals surface area contributed by atoms with Crippen molar-refractivity contribution in [3.63, 3.8) is 0 Å². The molecule has 1 N–H and O–H groups in total. The molecule has 0 aliphatic carbocycles. The van der Waals surface area contributed by atoms with Crippen molar-refractivity contribution in [3.05, 3.63) is 54.1 Å². The lowest BCUT2D eigenvalue weighted by atomic mass is 10.1. The van der Waals surface area contributed by atoms with Gasteiger partial charge in [-0.3, -0.25) is 19.3 Å². The first-order valence-electron chi connectivity index (χ1n) is 7.53. The van der Waals surface area contributed by atoms with Gasteiger partial charge in [-0.05, 0) is 29.8 Å². The number of anilines is 1. The number of carbonyl (C=O) groups excluding carboxylic acids is 2. The summed E-state index contributed by atoms with van der Waals surface area (Å²) < 4.78 is 4.99. The van der Waals surface area contributed by atoms with E-state index < -0.39 is 23.7 Å². The standard InChI is InChI=1S/C18H15NO5S/c1-11(20)24-13-8-6-12(7-9-13)17-18(23)19(10-16(21)22)14-4-2-3-5-15(14)25-17/h2-9,17H,10H2,1H3,(H,21,22). The summed E-state index contributed by atoms with van der Waals surface area (Å²) in [6.45, 7) is 0.924. The quantitative estimate of drug-likeness (QED) is 0.669. The van der Waals surface area contributed by atoms with E-state index in [0.29, 0.717) is 11.4 Å². The molecule has 2 aromatic carbocycles. The maximum absolute atomic E-state index is 12.8. The molecule has 0 aromatic heterocycles. The van der Waals surface area contributed by atoms with Gasteiger partial charge in [0.1, 0.15) is 17.5 Å². The number of fused-ring (bicyclic) bond motifs is 1. The predicted molar refractivity (Wildman–Crippen MR) is 92.8 cm³/mol. The SMILES string of the molecule is CC(=O)Oc1ccc(C2Sc3ccccc3N(CC(=O)O)C2=O)cc1. The topological polar surface area (TPSA) is 83.9 Å². The van der Waals surface area contributed by atoms with Crippen molar-refractivity contribution in [3.8, 4) is 5.75 Å². The van der Waals surface area contributed by atoms with Crippen molar-refractivity contribution < 1.29 is 24.2 Å². The van der Waals surface area contributed by atoms with E-state index in [1.807, 2.05) is 12.1 Å². The van der Waals surface area contributed by atoms with Gasteiger partial charge < -0.3 is 9.84 Å². The summed E-state index contributed by atoms with van der Waals surface area (Å²) in [6, 6.07) is 13.9. The molecule has 1 aliphatic rings. The summed E-state index contributed by atoms with van der Waals surface area (Å²) in [5, 5.41) is 8.58. The fourth-order valence-electron chi connectivity index (χ4n) is 2.60. The van der Waals surface area contributed by atoms with Gasteiger partial charge in [-0.25, -0.2) is 0 Å². The lowest BCUT2D eigenvalue weighted by Crippen LogP contribution is -2.40. The zero-order chi connectivity index (χ0) is 18.0. The Labute approximate surface area is 148 Å². The van der Waals surface area contributed by atoms with E-state index in [4.69, 9.17) is 9.84 Å². The number of rotatable bonds is 4. The molecule has 25 heavy (non-hydrogen) atoms. The molecule has 1 heterocycles. The van der Waals surface area contributed by atoms with Crippen molar-refractivity contribution in [2.75, 3.05) is 11.4 Å². The Morgan fingerprint density at radius 2 is 1.84 bits per heavy atom. The summed E-state index contributed by atoms with van der Waals surface area (Å²) in [5.41, 5.74) is 1.32. The Morgan fingerprint density at radius 3 is 2.48 bits per heavy atom. The maximum Gasteiger partial charge on any atom is 0.323 e. The van der Waals surface area contributed by atoms with Gasteiger partial charge >= 0.3 is 11.9 Å². The first-order valence-corrected chi connectivity index (χ1v) is 8.41. The van der Waals surface area contributed by atoms with Crippen molar-refractivity contribution in [2.45, 2.75) is 17.1 Å². The summed E-state index contributed by atoms with van der Waals surface area (Å²) in [7, 11) is 0. The van der Waals surface area contributed by atoms with Crippen LogP contribution in [-0.4, -0.2) is 29.5 Å². The highest BCUT2D eigenvalue weighted by Gasteiger charge is 2.35. The molecule has 0 saturated carbocycles. The van der Waals surface area contributed by atoms with E-state index in [1.54, 1.807) is 36.4 Å². The van der Waals surface area contributed by atoms with Crippen molar-refractivity contribution >= 4 is 35.3 Å². The Bertz CT molecular complexity index is 834. The number of hydrogen-bond donors (Lipinski definition) is 1. The van der Waals surface area contributed by atoms with Crippen LogP contribution in [0.25, 0.3) is 0 Å². The molecule has 0 radical (unpaired) electrons. The summed E-state index contributed by atoms with van der Waals surface area (Å²) in [4.78, 5) is 37.1. The fraction of sp³-hybridized carbons (Fsp3) is 0.167. The third-order valence-corrected chi connectivity index (χ3v) is 4.94. The van der Waals surface area contributed by atoms with Gasteiger partial charge in [0.15, 0.2) is 0 Å². The van der Waals surface area contributed by atoms with Gasteiger partial charge in [-0.2, -0.15) is 0 Å². The van der Waals surface area contributed by atoms with Gasteiger partial charge in [0, 0.05) is 11.8 Å². The van der Waals surface area contributed by atoms with Crippen LogP contribution in [-0.2, 0) is 14.4 Å². The molecular formula is C18H15NO5S. The van der Waals surface area contributed by atoms with Crippen molar-refractivity contribution in [1.29, 1.82) is 0 Å². The lowest BCUT2D eigenvalue weighted by Gasteiger charge is -2.32. The Kier molecular flexibility index (Phi) is 4.76. The van der Waals surface area contributed by atoms with E-state index in [1.165, 1.54) is 23.6 Å². The first-order chi connectivity index (χ1) is 12.0. The first kappa shape index (κ1) is 17.0. The number of ether oxygens (including phenoxy) is 1. The molecule has 2 aromatic rings. The Hall–Kier alpha value is -2.80. The second-order valence-corrected chi connectivity index (χ2v) is 6.59. The average molecular weight is 357 g/mol. The molecule has 0 spiro atoms. The van der Waals surface area contributed by atoms with Gasteiger partial charge in [0.2, 0.25) is 5.91 Å². The van der Waals surface area contributed by atoms with E-state index >= 15 is 0 Å². The zero-order valence-electron chi connectivity index (χ0n) is 13.3. The van der Waals surface area contributed by atoms with E-state index in [-0.39, 0.29) is 5.91 Å². The second kappa shape index (κ2) is 6.98. The highest BCUT2D eigenvalue weighted by atomic mass is 32.2. The molecule has 6 nitrogen and oxygen atoms in total. The molecule has 1 atom stereocenters. The normalized spacial score (nSPS) is 16.3. The number of amides is 1. The fourth-order valence-corrected chi connectivity index (χ4v) is 3.83. The number of esters is 1. The molecule has 1 amide bonds. The largest absolute Gasteiger partial charge is 0.480 e. The van der Waals surface area contributed by atoms with Gasteiger partial charge in [0.25, 0.3) is 0 Å². The minimum absolute atomic E-state index is 0.286. The molecule has 128 valence electrons. The monoisotopic (exact) mass is 357 g/mol. The molecular weight excluding hydrogens is 342 g/mol. The van der Waals surface area contributed by atoms with Gasteiger partial charge in [0.05, 0.1) is 5.69 Å². The third kappa shape index (κ3) is 3.66. The van der Waals surface area contributed by atoms with Crippen LogP contribution in [0.2, 0.25) is 0 Å². The number of thioether (sulfide) groups is 1. The van der Waals surface area contributed by atoms with Crippen LogP contribution in [0.4, 0.5) is 5.69 Å². The van der Waals surface area contributed by atoms with Crippen LogP contribution in [0.3, 0.4) is 0 Å². The molecule has 1 unspecified atom stereocenters. The molecule has 1 aliphatic heterocycles. The molecule has 7 heteroatoms. The van der Waals surface area contributed by atoms with Crippen LogP contribution in [0.1, 0.15) is 17.7 Å². The zero-order valence-corrected chi connectivity index (χ0v) is 14.2. The number of para-hydroxylation sites is 1. The number of carbonyl (C=O) groups is 3. The van der Waals surface area contributed by atoms with Crippen LogP contribution < -0.4 is 9.64 Å². The van der Waals surface area contributed by atoms with Gasteiger partial charge in [-0.1, -0.05) is 24.3 Å². The number of nitrogens with zero attached hydrogens (tertiary/aromatic N) is 1. The second-order valence-electron chi connectivity index (χ2n) is 5.45. The summed E-state index contributed by atoms with van der Waals surface area (Å²) in [5.74, 6) is -1.38. The van der Waals surface area contributed by atoms with Crippen molar-refractivity contribution in [1.82, 2.24) is 0 Å². The third-order valence-electron chi connectivity index (χ3n) is 3.63. The van der Waals surface area contributed by atoms with Crippen LogP contribution in [0.5, 0.6) is 5.75 Å². The maximum atomic E-state index is 12.8. The highest BCUT2D eigenvalue weighted by molar-refractivity contribution is 8.00. The lowest BCUT2D eigenvalue weighted by molar-refractivity contribution is -0.136. The van der Waals surface area contributed by atoms with Crippen LogP contribution >= 0.6 is 11.8 Å². The summed E-state index contributed by atoms with van der Waals surface area (Å²) in [6.07, 6.45) is 0. The number of benzene rings is 2. The Balaban J connectivity index is 1.93. The molecule has 0 fully saturated rings. The smallest absolute Gasteiger partial charge is 0.323 e. The molecule has 3 rings (SSSR count). The van der Waals surface area contributed by atoms with Crippen LogP contribution in [0.15, 0.2) is 53.4 Å². The minimum Gasteiger partial charge on any atom is -0.480 e. The molecule has 0 saturated heterocycles.